The average molecular weight is 289 g/mol. The molecule has 0 atom stereocenters. The van der Waals surface area contributed by atoms with Gasteiger partial charge in [0.1, 0.15) is 5.75 Å². The molecule has 0 saturated carbocycles. The molecule has 21 heavy (non-hydrogen) atoms. The third-order valence-corrected chi connectivity index (χ3v) is 2.97. The van der Waals surface area contributed by atoms with Crippen LogP contribution in [0.15, 0.2) is 28.8 Å². The Morgan fingerprint density at radius 2 is 2.05 bits per heavy atom. The Balaban J connectivity index is 2.19. The largest absolute Gasteiger partial charge is 0.493 e. The molecule has 1 heterocycles. The monoisotopic (exact) mass is 289 g/mol. The van der Waals surface area contributed by atoms with Crippen LogP contribution in [0.4, 0.5) is 0 Å². The van der Waals surface area contributed by atoms with Gasteiger partial charge < -0.3 is 9.26 Å². The first-order valence-electron chi connectivity index (χ1n) is 6.73. The van der Waals surface area contributed by atoms with E-state index in [9.17, 15) is 4.79 Å². The predicted molar refractivity (Wildman–Crippen MR) is 78.7 cm³/mol. The third kappa shape index (κ3) is 3.41. The molecule has 1 aromatic carbocycles. The fourth-order valence-corrected chi connectivity index (χ4v) is 1.85. The Kier molecular flexibility index (Phi) is 4.59. The summed E-state index contributed by atoms with van der Waals surface area (Å²) in [7, 11) is 0. The average Bonchev–Trinajstić information content (AvgIpc) is 2.86. The molecular formula is C15H19N3O3. The Labute approximate surface area is 123 Å². The zero-order valence-corrected chi connectivity index (χ0v) is 12.3. The number of amides is 1. The van der Waals surface area contributed by atoms with Crippen LogP contribution in [-0.4, -0.2) is 17.7 Å². The summed E-state index contributed by atoms with van der Waals surface area (Å²) >= 11 is 0. The van der Waals surface area contributed by atoms with E-state index in [1.165, 1.54) is 0 Å². The molecular weight excluding hydrogens is 270 g/mol. The van der Waals surface area contributed by atoms with Crippen LogP contribution in [0.25, 0.3) is 11.3 Å². The molecule has 0 unspecified atom stereocenters. The molecule has 1 amide bonds. The van der Waals surface area contributed by atoms with Crippen molar-refractivity contribution in [1.82, 2.24) is 10.6 Å². The predicted octanol–water partition coefficient (Wildman–Crippen LogP) is 2.29. The summed E-state index contributed by atoms with van der Waals surface area (Å²) in [4.78, 5) is 11.5. The summed E-state index contributed by atoms with van der Waals surface area (Å²) in [6.07, 6.45) is 0. The number of aromatic nitrogens is 1. The lowest BCUT2D eigenvalue weighted by atomic mass is 10.1. The quantitative estimate of drug-likeness (QED) is 0.500. The lowest BCUT2D eigenvalue weighted by Gasteiger charge is -2.08. The highest BCUT2D eigenvalue weighted by molar-refractivity contribution is 5.94. The summed E-state index contributed by atoms with van der Waals surface area (Å²) in [5, 5.41) is 3.75. The molecule has 0 aliphatic heterocycles. The number of nitrogens with two attached hydrogens (primary N) is 1. The summed E-state index contributed by atoms with van der Waals surface area (Å²) < 4.78 is 10.9. The maximum absolute atomic E-state index is 11.5. The topological polar surface area (TPSA) is 90.4 Å². The van der Waals surface area contributed by atoms with Crippen molar-refractivity contribution in [3.05, 3.63) is 35.5 Å². The molecule has 3 N–H and O–H groups in total. The molecule has 6 nitrogen and oxygen atoms in total. The highest BCUT2D eigenvalue weighted by atomic mass is 16.5. The second-order valence-electron chi connectivity index (χ2n) is 5.19. The summed E-state index contributed by atoms with van der Waals surface area (Å²) in [5.41, 5.74) is 3.70. The smallest absolute Gasteiger partial charge is 0.287 e. The van der Waals surface area contributed by atoms with Crippen molar-refractivity contribution in [2.75, 3.05) is 6.61 Å². The van der Waals surface area contributed by atoms with Gasteiger partial charge in [0.25, 0.3) is 5.91 Å². The molecule has 6 heteroatoms. The number of carbonyl (C=O) groups is 1. The van der Waals surface area contributed by atoms with Crippen LogP contribution >= 0.6 is 0 Å². The van der Waals surface area contributed by atoms with E-state index in [4.69, 9.17) is 15.1 Å². The van der Waals surface area contributed by atoms with Crippen molar-refractivity contribution in [3.63, 3.8) is 0 Å². The van der Waals surface area contributed by atoms with Crippen LogP contribution in [0.2, 0.25) is 0 Å². The molecule has 0 fully saturated rings. The summed E-state index contributed by atoms with van der Waals surface area (Å²) in [6.45, 7) is 6.62. The van der Waals surface area contributed by atoms with Crippen LogP contribution < -0.4 is 16.0 Å². The van der Waals surface area contributed by atoms with Gasteiger partial charge in [0.2, 0.25) is 0 Å². The Hall–Kier alpha value is -2.34. The van der Waals surface area contributed by atoms with E-state index in [1.807, 2.05) is 29.7 Å². The number of hydrogen-bond acceptors (Lipinski definition) is 5. The fourth-order valence-electron chi connectivity index (χ4n) is 1.85. The SMILES string of the molecule is Cc1c(C(=O)NN)noc1-c1ccc(OCC(C)C)cc1. The number of hydrazine groups is 1. The minimum absolute atomic E-state index is 0.188. The van der Waals surface area contributed by atoms with Gasteiger partial charge in [-0.1, -0.05) is 19.0 Å². The number of rotatable bonds is 5. The molecule has 0 spiro atoms. The first kappa shape index (κ1) is 15.1. The highest BCUT2D eigenvalue weighted by Gasteiger charge is 2.18. The number of nitrogen functional groups attached to an aromatic ring is 1. The Morgan fingerprint density at radius 3 is 2.62 bits per heavy atom. The third-order valence-electron chi connectivity index (χ3n) is 2.97. The lowest BCUT2D eigenvalue weighted by molar-refractivity contribution is 0.0944. The van der Waals surface area contributed by atoms with Crippen molar-refractivity contribution >= 4 is 5.91 Å². The van der Waals surface area contributed by atoms with Gasteiger partial charge in [0.15, 0.2) is 11.5 Å². The van der Waals surface area contributed by atoms with Gasteiger partial charge in [-0.3, -0.25) is 10.2 Å². The van der Waals surface area contributed by atoms with Gasteiger partial charge in [-0.15, -0.1) is 0 Å². The molecule has 0 saturated heterocycles. The summed E-state index contributed by atoms with van der Waals surface area (Å²) in [6, 6.07) is 7.46. The van der Waals surface area contributed by atoms with E-state index in [0.29, 0.717) is 23.8 Å². The van der Waals surface area contributed by atoms with E-state index in [1.54, 1.807) is 6.92 Å². The second-order valence-corrected chi connectivity index (χ2v) is 5.19. The zero-order chi connectivity index (χ0) is 15.4. The molecule has 1 aromatic heterocycles. The maximum Gasteiger partial charge on any atom is 0.287 e. The Morgan fingerprint density at radius 1 is 1.38 bits per heavy atom. The number of carbonyl (C=O) groups excluding carboxylic acids is 1. The first-order chi connectivity index (χ1) is 10.0. The van der Waals surface area contributed by atoms with Gasteiger partial charge in [-0.2, -0.15) is 0 Å². The van der Waals surface area contributed by atoms with Crippen LogP contribution in [0.1, 0.15) is 29.9 Å². The Bertz CT molecular complexity index is 618. The minimum Gasteiger partial charge on any atom is -0.493 e. The molecule has 0 bridgehead atoms. The van der Waals surface area contributed by atoms with Crippen molar-refractivity contribution in [2.24, 2.45) is 11.8 Å². The molecule has 0 aliphatic carbocycles. The molecule has 0 aliphatic rings. The minimum atomic E-state index is -0.473. The number of benzene rings is 1. The van der Waals surface area contributed by atoms with Gasteiger partial charge in [-0.05, 0) is 37.1 Å². The van der Waals surface area contributed by atoms with Gasteiger partial charge >= 0.3 is 0 Å². The van der Waals surface area contributed by atoms with E-state index >= 15 is 0 Å². The number of nitrogens with one attached hydrogen (secondary N) is 1. The normalized spacial score (nSPS) is 10.7. The van der Waals surface area contributed by atoms with Crippen LogP contribution in [0, 0.1) is 12.8 Å². The van der Waals surface area contributed by atoms with Gasteiger partial charge in [-0.25, -0.2) is 5.84 Å². The maximum atomic E-state index is 11.5. The zero-order valence-electron chi connectivity index (χ0n) is 12.3. The number of hydrogen-bond donors (Lipinski definition) is 2. The number of nitrogens with zero attached hydrogens (tertiary/aromatic N) is 1. The second kappa shape index (κ2) is 6.41. The van der Waals surface area contributed by atoms with E-state index in [0.717, 1.165) is 11.3 Å². The molecule has 2 rings (SSSR count). The van der Waals surface area contributed by atoms with Gasteiger partial charge in [0.05, 0.1) is 6.61 Å². The standard InChI is InChI=1S/C15H19N3O3/c1-9(2)8-20-12-6-4-11(5-7-12)14-10(3)13(18-21-14)15(19)17-16/h4-7,9H,8,16H2,1-3H3,(H,17,19). The first-order valence-corrected chi connectivity index (χ1v) is 6.73. The molecule has 2 aromatic rings. The summed E-state index contributed by atoms with van der Waals surface area (Å²) in [5.74, 6) is 6.44. The van der Waals surface area contributed by atoms with Crippen molar-refractivity contribution < 1.29 is 14.1 Å². The highest BCUT2D eigenvalue weighted by Crippen LogP contribution is 2.27. The van der Waals surface area contributed by atoms with Crippen LogP contribution in [-0.2, 0) is 0 Å². The van der Waals surface area contributed by atoms with E-state index in [-0.39, 0.29) is 5.69 Å². The fraction of sp³-hybridized carbons (Fsp3) is 0.333. The number of ether oxygens (including phenoxy) is 1. The van der Waals surface area contributed by atoms with E-state index < -0.39 is 5.91 Å². The van der Waals surface area contributed by atoms with Crippen molar-refractivity contribution in [1.29, 1.82) is 0 Å². The molecule has 0 radical (unpaired) electrons. The van der Waals surface area contributed by atoms with Gasteiger partial charge in [0, 0.05) is 11.1 Å². The van der Waals surface area contributed by atoms with Crippen LogP contribution in [0.3, 0.4) is 0 Å². The van der Waals surface area contributed by atoms with Crippen molar-refractivity contribution in [3.8, 4) is 17.1 Å². The van der Waals surface area contributed by atoms with E-state index in [2.05, 4.69) is 19.0 Å². The lowest BCUT2D eigenvalue weighted by Crippen LogP contribution is -2.30. The van der Waals surface area contributed by atoms with Crippen LogP contribution in [0.5, 0.6) is 5.75 Å². The van der Waals surface area contributed by atoms with Crippen molar-refractivity contribution in [2.45, 2.75) is 20.8 Å². The molecule has 112 valence electrons.